The van der Waals surface area contributed by atoms with Crippen molar-refractivity contribution >= 4 is 11.9 Å². The number of hydrogen-bond acceptors (Lipinski definition) is 7. The van der Waals surface area contributed by atoms with Crippen LogP contribution in [0.1, 0.15) is 29.5 Å². The topological polar surface area (TPSA) is 110 Å². The summed E-state index contributed by atoms with van der Waals surface area (Å²) in [4.78, 5) is 32.4. The minimum absolute atomic E-state index is 0.00901. The second kappa shape index (κ2) is 12.2. The Morgan fingerprint density at radius 3 is 2.69 bits per heavy atom. The average Bonchev–Trinajstić information content (AvgIpc) is 3.31. The smallest absolute Gasteiger partial charge is 0.317 e. The number of likely N-dealkylation sites (N-methyl/N-ethyl adjacent to an activating group) is 1. The van der Waals surface area contributed by atoms with Gasteiger partial charge in [-0.3, -0.25) is 4.79 Å². The van der Waals surface area contributed by atoms with Crippen molar-refractivity contribution < 1.29 is 23.6 Å². The van der Waals surface area contributed by atoms with Crippen LogP contribution in [0.5, 0.6) is 0 Å². The first-order valence-corrected chi connectivity index (χ1v) is 10.9. The lowest BCUT2D eigenvalue weighted by Crippen LogP contribution is -2.40. The van der Waals surface area contributed by atoms with E-state index in [1.165, 1.54) is 0 Å². The van der Waals surface area contributed by atoms with E-state index in [2.05, 4.69) is 15.5 Å². The Morgan fingerprint density at radius 1 is 1.22 bits per heavy atom. The second-order valence-corrected chi connectivity index (χ2v) is 7.45. The molecule has 10 heteroatoms. The van der Waals surface area contributed by atoms with Crippen LogP contribution < -0.4 is 5.32 Å². The number of aromatic nitrogens is 2. The van der Waals surface area contributed by atoms with Gasteiger partial charge in [0.2, 0.25) is 0 Å². The SMILES string of the molecule is CCOCCCNC(=O)N(C)CCc1noc(-c2ccc(C(=O)N3CCOCC3)cc2)n1. The minimum atomic E-state index is -0.147. The van der Waals surface area contributed by atoms with Crippen molar-refractivity contribution in [1.82, 2.24) is 25.3 Å². The predicted molar refractivity (Wildman–Crippen MR) is 117 cm³/mol. The molecule has 1 N–H and O–H groups in total. The fourth-order valence-electron chi connectivity index (χ4n) is 3.20. The average molecular weight is 446 g/mol. The summed E-state index contributed by atoms with van der Waals surface area (Å²) in [5.74, 6) is 0.892. The van der Waals surface area contributed by atoms with E-state index in [1.54, 1.807) is 41.1 Å². The Hall–Kier alpha value is -2.98. The van der Waals surface area contributed by atoms with Crippen molar-refractivity contribution in [3.8, 4) is 11.5 Å². The molecule has 1 aromatic heterocycles. The third-order valence-corrected chi connectivity index (χ3v) is 5.11. The maximum atomic E-state index is 12.5. The standard InChI is InChI=1S/C22H31N5O5/c1-3-30-14-4-10-23-22(29)26(2)11-9-19-24-20(32-25-19)17-5-7-18(8-6-17)21(28)27-12-15-31-16-13-27/h5-8H,3-4,9-16H2,1-2H3,(H,23,29). The number of carbonyl (C=O) groups is 2. The normalized spacial score (nSPS) is 13.8. The highest BCUT2D eigenvalue weighted by atomic mass is 16.5. The van der Waals surface area contributed by atoms with Crippen LogP contribution in [0.25, 0.3) is 11.5 Å². The summed E-state index contributed by atoms with van der Waals surface area (Å²) in [5, 5.41) is 6.85. The largest absolute Gasteiger partial charge is 0.382 e. The Kier molecular flexibility index (Phi) is 9.00. The molecule has 1 aliphatic heterocycles. The van der Waals surface area contributed by atoms with E-state index >= 15 is 0 Å². The summed E-state index contributed by atoms with van der Waals surface area (Å²) < 4.78 is 15.9. The molecular weight excluding hydrogens is 414 g/mol. The summed E-state index contributed by atoms with van der Waals surface area (Å²) in [6, 6.07) is 6.98. The highest BCUT2D eigenvalue weighted by molar-refractivity contribution is 5.94. The first-order chi connectivity index (χ1) is 15.6. The van der Waals surface area contributed by atoms with Crippen molar-refractivity contribution in [1.29, 1.82) is 0 Å². The summed E-state index contributed by atoms with van der Waals surface area (Å²) in [5.41, 5.74) is 1.35. The molecule has 0 atom stereocenters. The molecule has 0 spiro atoms. The summed E-state index contributed by atoms with van der Waals surface area (Å²) >= 11 is 0. The van der Waals surface area contributed by atoms with Crippen LogP contribution in [-0.4, -0.2) is 91.5 Å². The first-order valence-electron chi connectivity index (χ1n) is 10.9. The lowest BCUT2D eigenvalue weighted by Gasteiger charge is -2.26. The van der Waals surface area contributed by atoms with E-state index in [9.17, 15) is 9.59 Å². The molecule has 2 heterocycles. The van der Waals surface area contributed by atoms with E-state index in [1.807, 2.05) is 6.92 Å². The number of morpholine rings is 1. The number of benzene rings is 1. The summed E-state index contributed by atoms with van der Waals surface area (Å²) in [7, 11) is 1.73. The van der Waals surface area contributed by atoms with Crippen molar-refractivity contribution in [2.75, 3.05) is 59.7 Å². The number of hydrogen-bond donors (Lipinski definition) is 1. The van der Waals surface area contributed by atoms with Crippen molar-refractivity contribution in [3.05, 3.63) is 35.7 Å². The van der Waals surface area contributed by atoms with Gasteiger partial charge in [-0.15, -0.1) is 0 Å². The van der Waals surface area contributed by atoms with Crippen molar-refractivity contribution in [2.24, 2.45) is 0 Å². The predicted octanol–water partition coefficient (Wildman–Crippen LogP) is 1.82. The van der Waals surface area contributed by atoms with Crippen LogP contribution in [0.15, 0.2) is 28.8 Å². The van der Waals surface area contributed by atoms with Gasteiger partial charge in [0.25, 0.3) is 11.8 Å². The van der Waals surface area contributed by atoms with Crippen LogP contribution in [0.3, 0.4) is 0 Å². The summed E-state index contributed by atoms with van der Waals surface area (Å²) in [6.45, 7) is 6.63. The molecule has 0 aliphatic carbocycles. The Balaban J connectivity index is 1.46. The van der Waals surface area contributed by atoms with Gasteiger partial charge < -0.3 is 29.1 Å². The Bertz CT molecular complexity index is 864. The molecule has 10 nitrogen and oxygen atoms in total. The quantitative estimate of drug-likeness (QED) is 0.556. The zero-order valence-corrected chi connectivity index (χ0v) is 18.7. The molecular formula is C22H31N5O5. The van der Waals surface area contributed by atoms with Gasteiger partial charge in [0, 0.05) is 64.0 Å². The summed E-state index contributed by atoms with van der Waals surface area (Å²) in [6.07, 6.45) is 1.25. The molecule has 1 aromatic carbocycles. The number of rotatable bonds is 10. The highest BCUT2D eigenvalue weighted by Gasteiger charge is 2.19. The van der Waals surface area contributed by atoms with E-state index < -0.39 is 0 Å². The molecule has 0 unspecified atom stereocenters. The molecule has 2 aromatic rings. The molecule has 0 saturated carbocycles. The number of urea groups is 1. The number of carbonyl (C=O) groups excluding carboxylic acids is 2. The number of amides is 3. The van der Waals surface area contributed by atoms with Gasteiger partial charge in [-0.05, 0) is 37.6 Å². The molecule has 0 bridgehead atoms. The maximum absolute atomic E-state index is 12.5. The minimum Gasteiger partial charge on any atom is -0.382 e. The van der Waals surface area contributed by atoms with Gasteiger partial charge in [0.15, 0.2) is 5.82 Å². The molecule has 1 aliphatic rings. The monoisotopic (exact) mass is 445 g/mol. The van der Waals surface area contributed by atoms with Gasteiger partial charge >= 0.3 is 6.03 Å². The third kappa shape index (κ3) is 6.76. The zero-order chi connectivity index (χ0) is 22.8. The fourth-order valence-corrected chi connectivity index (χ4v) is 3.20. The highest BCUT2D eigenvalue weighted by Crippen LogP contribution is 2.19. The van der Waals surface area contributed by atoms with E-state index in [0.717, 1.165) is 12.0 Å². The number of ether oxygens (including phenoxy) is 2. The molecule has 1 fully saturated rings. The maximum Gasteiger partial charge on any atom is 0.317 e. The molecule has 174 valence electrons. The van der Waals surface area contributed by atoms with Gasteiger partial charge in [-0.1, -0.05) is 5.16 Å². The van der Waals surface area contributed by atoms with Gasteiger partial charge in [-0.2, -0.15) is 4.98 Å². The van der Waals surface area contributed by atoms with Crippen LogP contribution in [0.4, 0.5) is 4.79 Å². The van der Waals surface area contributed by atoms with Crippen molar-refractivity contribution in [3.63, 3.8) is 0 Å². The zero-order valence-electron chi connectivity index (χ0n) is 18.7. The molecule has 3 rings (SSSR count). The van der Waals surface area contributed by atoms with Gasteiger partial charge in [0.1, 0.15) is 0 Å². The van der Waals surface area contributed by atoms with Gasteiger partial charge in [-0.25, -0.2) is 4.79 Å². The van der Waals surface area contributed by atoms with Crippen LogP contribution in [0.2, 0.25) is 0 Å². The third-order valence-electron chi connectivity index (χ3n) is 5.11. The fraction of sp³-hybridized carbons (Fsp3) is 0.545. The van der Waals surface area contributed by atoms with Crippen LogP contribution in [-0.2, 0) is 15.9 Å². The van der Waals surface area contributed by atoms with Crippen LogP contribution in [0, 0.1) is 0 Å². The number of nitrogens with one attached hydrogen (secondary N) is 1. The molecule has 0 radical (unpaired) electrons. The second-order valence-electron chi connectivity index (χ2n) is 7.45. The van der Waals surface area contributed by atoms with Gasteiger partial charge in [0.05, 0.1) is 13.2 Å². The molecule has 32 heavy (non-hydrogen) atoms. The lowest BCUT2D eigenvalue weighted by atomic mass is 10.1. The lowest BCUT2D eigenvalue weighted by molar-refractivity contribution is 0.0303. The Labute approximate surface area is 187 Å². The van der Waals surface area contributed by atoms with E-state index in [0.29, 0.717) is 76.3 Å². The first kappa shape index (κ1) is 23.7. The number of nitrogens with zero attached hydrogens (tertiary/aromatic N) is 4. The Morgan fingerprint density at radius 2 is 1.97 bits per heavy atom. The van der Waals surface area contributed by atoms with E-state index in [-0.39, 0.29) is 11.9 Å². The van der Waals surface area contributed by atoms with Crippen molar-refractivity contribution in [2.45, 2.75) is 19.8 Å². The van der Waals surface area contributed by atoms with E-state index in [4.69, 9.17) is 14.0 Å². The molecule has 3 amide bonds. The molecule has 1 saturated heterocycles. The van der Waals surface area contributed by atoms with Crippen LogP contribution >= 0.6 is 0 Å².